The number of hydrogen-bond acceptors (Lipinski definition) is 10. The first kappa shape index (κ1) is 34.7. The number of nitrogens with one attached hydrogen (secondary N) is 2. The smallest absolute Gasteiger partial charge is 0.243 e. The zero-order valence-electron chi connectivity index (χ0n) is 26.3. The molecule has 2 amide bonds. The summed E-state index contributed by atoms with van der Waals surface area (Å²) in [6, 6.07) is 24.0. The highest BCUT2D eigenvalue weighted by Gasteiger charge is 2.32. The van der Waals surface area contributed by atoms with Gasteiger partial charge in [-0.2, -0.15) is 0 Å². The van der Waals surface area contributed by atoms with E-state index in [-0.39, 0.29) is 31.1 Å². The van der Waals surface area contributed by atoms with Crippen molar-refractivity contribution in [3.8, 4) is 11.1 Å². The Hall–Kier alpha value is -3.65. The lowest BCUT2D eigenvalue weighted by Crippen LogP contribution is -2.31. The van der Waals surface area contributed by atoms with E-state index in [0.29, 0.717) is 32.2 Å². The fourth-order valence-corrected chi connectivity index (χ4v) is 7.24. The van der Waals surface area contributed by atoms with Crippen LogP contribution in [0.2, 0.25) is 0 Å². The summed E-state index contributed by atoms with van der Waals surface area (Å²) in [7, 11) is 0. The molecule has 0 saturated carbocycles. The lowest BCUT2D eigenvalue weighted by Gasteiger charge is -2.36. The average Bonchev–Trinajstić information content (AvgIpc) is 3.54. The SMILES string of the molecule is Cc1nnc(SC[C@@H]2C[C@H](c3ccc(CO)cc3)O[C@H](c3ccc(-c4ccccc4CNC(=O)CCCCCC(=O)NO)cc3)O2)s1. The molecule has 1 aromatic heterocycles. The number of hydroxylamine groups is 1. The number of ether oxygens (including phenoxy) is 2. The Balaban J connectivity index is 1.23. The summed E-state index contributed by atoms with van der Waals surface area (Å²) >= 11 is 3.22. The number of nitrogens with zero attached hydrogens (tertiary/aromatic N) is 2. The van der Waals surface area contributed by atoms with Crippen molar-refractivity contribution in [2.24, 2.45) is 0 Å². The first-order valence-corrected chi connectivity index (χ1v) is 17.5. The molecule has 4 N–H and O–H groups in total. The second-order valence-electron chi connectivity index (χ2n) is 11.4. The van der Waals surface area contributed by atoms with Crippen LogP contribution in [0, 0.1) is 6.92 Å². The summed E-state index contributed by atoms with van der Waals surface area (Å²) in [5.74, 6) is 0.270. The van der Waals surface area contributed by atoms with E-state index in [9.17, 15) is 14.7 Å². The lowest BCUT2D eigenvalue weighted by molar-refractivity contribution is -0.245. The Morgan fingerprint density at radius 1 is 0.915 bits per heavy atom. The minimum absolute atomic E-state index is 0.00499. The first-order chi connectivity index (χ1) is 22.9. The summed E-state index contributed by atoms with van der Waals surface area (Å²) in [6.07, 6.45) is 2.54. The van der Waals surface area contributed by atoms with Crippen molar-refractivity contribution in [1.29, 1.82) is 0 Å². The molecule has 4 aromatic rings. The molecule has 1 fully saturated rings. The van der Waals surface area contributed by atoms with Crippen LogP contribution in [0.3, 0.4) is 0 Å². The number of carbonyl (C=O) groups is 2. The summed E-state index contributed by atoms with van der Waals surface area (Å²) in [5, 5.41) is 30.4. The number of unbranched alkanes of at least 4 members (excludes halogenated alkanes) is 2. The molecule has 1 saturated heterocycles. The summed E-state index contributed by atoms with van der Waals surface area (Å²) in [5.41, 5.74) is 7.49. The Labute approximate surface area is 282 Å². The van der Waals surface area contributed by atoms with E-state index in [1.165, 1.54) is 0 Å². The summed E-state index contributed by atoms with van der Waals surface area (Å²) < 4.78 is 13.9. The molecule has 0 unspecified atom stereocenters. The van der Waals surface area contributed by atoms with Crippen LogP contribution in [0.5, 0.6) is 0 Å². The fraction of sp³-hybridized carbons (Fsp3) is 0.371. The third-order valence-electron chi connectivity index (χ3n) is 7.93. The van der Waals surface area contributed by atoms with Gasteiger partial charge >= 0.3 is 0 Å². The van der Waals surface area contributed by atoms with Crippen LogP contribution in [-0.2, 0) is 32.2 Å². The topological polar surface area (TPSA) is 143 Å². The van der Waals surface area contributed by atoms with Crippen LogP contribution >= 0.6 is 23.1 Å². The lowest BCUT2D eigenvalue weighted by atomic mass is 9.97. The molecular formula is C35H40N4O6S2. The monoisotopic (exact) mass is 676 g/mol. The number of rotatable bonds is 15. The number of aliphatic hydroxyl groups is 1. The van der Waals surface area contributed by atoms with Crippen LogP contribution in [0.1, 0.15) is 78.2 Å². The highest BCUT2D eigenvalue weighted by Crippen LogP contribution is 2.40. The van der Waals surface area contributed by atoms with Crippen molar-refractivity contribution in [3.05, 3.63) is 100 Å². The van der Waals surface area contributed by atoms with E-state index in [2.05, 4.69) is 27.6 Å². The van der Waals surface area contributed by atoms with Crippen molar-refractivity contribution >= 4 is 34.9 Å². The molecule has 2 heterocycles. The number of thioether (sulfide) groups is 1. The van der Waals surface area contributed by atoms with Gasteiger partial charge in [0.15, 0.2) is 10.6 Å². The van der Waals surface area contributed by atoms with Gasteiger partial charge in [-0.25, -0.2) is 5.48 Å². The zero-order valence-corrected chi connectivity index (χ0v) is 27.9. The summed E-state index contributed by atoms with van der Waals surface area (Å²) in [4.78, 5) is 23.6. The van der Waals surface area contributed by atoms with E-state index in [1.54, 1.807) is 28.6 Å². The quantitative estimate of drug-likeness (QED) is 0.0486. The van der Waals surface area contributed by atoms with Gasteiger partial charge in [0.1, 0.15) is 5.01 Å². The van der Waals surface area contributed by atoms with Crippen LogP contribution in [0.4, 0.5) is 0 Å². The van der Waals surface area contributed by atoms with Gasteiger partial charge in [-0.3, -0.25) is 14.8 Å². The van der Waals surface area contributed by atoms with Crippen LogP contribution in [0.25, 0.3) is 11.1 Å². The Morgan fingerprint density at radius 2 is 1.64 bits per heavy atom. The van der Waals surface area contributed by atoms with Gasteiger partial charge in [0.25, 0.3) is 0 Å². The van der Waals surface area contributed by atoms with Gasteiger partial charge in [0.2, 0.25) is 11.8 Å². The second kappa shape index (κ2) is 17.5. The molecule has 0 bridgehead atoms. The van der Waals surface area contributed by atoms with E-state index < -0.39 is 12.2 Å². The molecule has 3 aromatic carbocycles. The fourth-order valence-electron chi connectivity index (χ4n) is 5.39. The van der Waals surface area contributed by atoms with Gasteiger partial charge in [0.05, 0.1) is 18.8 Å². The highest BCUT2D eigenvalue weighted by molar-refractivity contribution is 8.01. The second-order valence-corrected chi connectivity index (χ2v) is 13.8. The van der Waals surface area contributed by atoms with Gasteiger partial charge in [-0.15, -0.1) is 10.2 Å². The number of benzene rings is 3. The largest absolute Gasteiger partial charge is 0.392 e. The van der Waals surface area contributed by atoms with Crippen molar-refractivity contribution in [2.75, 3.05) is 5.75 Å². The number of hydrogen-bond donors (Lipinski definition) is 4. The minimum Gasteiger partial charge on any atom is -0.392 e. The molecule has 248 valence electrons. The van der Waals surface area contributed by atoms with E-state index in [0.717, 1.165) is 54.9 Å². The Morgan fingerprint density at radius 3 is 2.34 bits per heavy atom. The minimum atomic E-state index is -0.561. The molecule has 0 spiro atoms. The molecule has 5 rings (SSSR count). The van der Waals surface area contributed by atoms with E-state index in [1.807, 2.05) is 67.6 Å². The molecule has 47 heavy (non-hydrogen) atoms. The maximum absolute atomic E-state index is 12.5. The third-order valence-corrected chi connectivity index (χ3v) is 10.0. The molecule has 12 heteroatoms. The van der Waals surface area contributed by atoms with Gasteiger partial charge in [0, 0.05) is 37.1 Å². The van der Waals surface area contributed by atoms with E-state index in [4.69, 9.17) is 14.7 Å². The van der Waals surface area contributed by atoms with Gasteiger partial charge < -0.3 is 19.9 Å². The number of aryl methyl sites for hydroxylation is 1. The predicted octanol–water partition coefficient (Wildman–Crippen LogP) is 6.42. The van der Waals surface area contributed by atoms with Gasteiger partial charge in [-0.05, 0) is 47.6 Å². The van der Waals surface area contributed by atoms with Crippen LogP contribution in [0.15, 0.2) is 77.1 Å². The number of amides is 2. The third kappa shape index (κ3) is 10.2. The number of aromatic nitrogens is 2. The average molecular weight is 677 g/mol. The Kier molecular flexibility index (Phi) is 12.9. The molecule has 0 radical (unpaired) electrons. The van der Waals surface area contributed by atoms with Gasteiger partial charge in [-0.1, -0.05) is 102 Å². The normalized spacial score (nSPS) is 17.7. The number of aliphatic hydroxyl groups excluding tert-OH is 1. The molecule has 1 aliphatic rings. The molecule has 3 atom stereocenters. The summed E-state index contributed by atoms with van der Waals surface area (Å²) in [6.45, 7) is 2.35. The van der Waals surface area contributed by atoms with Crippen molar-refractivity contribution in [2.45, 2.75) is 81.4 Å². The molecule has 0 aliphatic carbocycles. The first-order valence-electron chi connectivity index (χ1n) is 15.7. The van der Waals surface area contributed by atoms with Crippen molar-refractivity contribution in [1.82, 2.24) is 21.0 Å². The van der Waals surface area contributed by atoms with Crippen molar-refractivity contribution in [3.63, 3.8) is 0 Å². The maximum atomic E-state index is 12.5. The van der Waals surface area contributed by atoms with Crippen LogP contribution in [-0.4, -0.2) is 44.2 Å². The standard InChI is InChI=1S/C35H40N4O6S2/c1-23-37-38-35(47-23)46-22-29-19-31(26-13-11-24(21-40)12-14-26)45-34(44-29)27-17-15-25(16-18-27)30-8-6-5-7-28(30)20-36-32(41)9-3-2-4-10-33(42)39-43/h5-8,11-18,29,31,34,40,43H,2-4,9-10,19-22H2,1H3,(H,36,41)(H,39,42)/t29-,31+,34+/m0/s1. The predicted molar refractivity (Wildman–Crippen MR) is 181 cm³/mol. The van der Waals surface area contributed by atoms with Crippen molar-refractivity contribution < 1.29 is 29.4 Å². The molecular weight excluding hydrogens is 637 g/mol. The molecule has 1 aliphatic heterocycles. The highest BCUT2D eigenvalue weighted by atomic mass is 32.2. The maximum Gasteiger partial charge on any atom is 0.243 e. The molecule has 10 nitrogen and oxygen atoms in total. The van der Waals surface area contributed by atoms with E-state index >= 15 is 0 Å². The number of carbonyl (C=O) groups excluding carboxylic acids is 2. The van der Waals surface area contributed by atoms with Crippen LogP contribution < -0.4 is 10.8 Å². The zero-order chi connectivity index (χ0) is 33.0. The Bertz CT molecular complexity index is 1600.